The van der Waals surface area contributed by atoms with Gasteiger partial charge < -0.3 is 5.73 Å². The first-order valence-corrected chi connectivity index (χ1v) is 7.82. The van der Waals surface area contributed by atoms with Crippen LogP contribution in [0.5, 0.6) is 0 Å². The lowest BCUT2D eigenvalue weighted by Gasteiger charge is -2.14. The molecule has 2 N–H and O–H groups in total. The van der Waals surface area contributed by atoms with Gasteiger partial charge >= 0.3 is 0 Å². The largest absolute Gasteiger partial charge is 0.326 e. The normalized spacial score (nSPS) is 11.2. The maximum Gasteiger partial charge on any atom is 0.124 e. The summed E-state index contributed by atoms with van der Waals surface area (Å²) in [6.45, 7) is 9.34. The van der Waals surface area contributed by atoms with E-state index < -0.39 is 0 Å². The molecule has 1 rings (SSSR count). The third-order valence-corrected chi connectivity index (χ3v) is 4.10. The van der Waals surface area contributed by atoms with E-state index in [1.54, 1.807) is 11.8 Å². The molecule has 0 radical (unpaired) electrons. The molecule has 4 heteroatoms. The van der Waals surface area contributed by atoms with Crippen LogP contribution >= 0.6 is 11.8 Å². The zero-order chi connectivity index (χ0) is 13.5. The van der Waals surface area contributed by atoms with Crippen molar-refractivity contribution in [2.24, 2.45) is 11.7 Å². The zero-order valence-electron chi connectivity index (χ0n) is 12.0. The Balaban J connectivity index is 2.91. The van der Waals surface area contributed by atoms with E-state index in [-0.39, 0.29) is 0 Å². The quantitative estimate of drug-likeness (QED) is 0.771. The van der Waals surface area contributed by atoms with Crippen molar-refractivity contribution in [3.8, 4) is 0 Å². The van der Waals surface area contributed by atoms with Crippen LogP contribution in [0.2, 0.25) is 0 Å². The van der Waals surface area contributed by atoms with Crippen molar-refractivity contribution in [3.63, 3.8) is 0 Å². The summed E-state index contributed by atoms with van der Waals surface area (Å²) in [5.41, 5.74) is 9.52. The predicted octanol–water partition coefficient (Wildman–Crippen LogP) is 3.20. The van der Waals surface area contributed by atoms with E-state index in [9.17, 15) is 0 Å². The molecule has 1 heterocycles. The van der Waals surface area contributed by atoms with Gasteiger partial charge in [0.2, 0.25) is 0 Å². The molecule has 0 saturated heterocycles. The molecule has 102 valence electrons. The number of aryl methyl sites for hydroxylation is 1. The molecule has 1 aromatic heterocycles. The second-order valence-electron chi connectivity index (χ2n) is 4.85. The molecule has 1 aromatic rings. The fraction of sp³-hybridized carbons (Fsp3) is 0.714. The maximum absolute atomic E-state index is 5.90. The van der Waals surface area contributed by atoms with Gasteiger partial charge in [0.15, 0.2) is 0 Å². The van der Waals surface area contributed by atoms with E-state index in [4.69, 9.17) is 5.73 Å². The SMILES string of the molecule is CCc1nnc(SCCC(C)C)c(CN)c1CC. The molecule has 0 unspecified atom stereocenters. The van der Waals surface area contributed by atoms with Crippen molar-refractivity contribution in [2.45, 2.75) is 58.5 Å². The molecule has 18 heavy (non-hydrogen) atoms. The van der Waals surface area contributed by atoms with Crippen LogP contribution in [0.1, 0.15) is 50.9 Å². The lowest BCUT2D eigenvalue weighted by molar-refractivity contribution is 0.631. The molecular weight excluding hydrogens is 242 g/mol. The first-order valence-electron chi connectivity index (χ1n) is 6.84. The average Bonchev–Trinajstić information content (AvgIpc) is 2.37. The summed E-state index contributed by atoms with van der Waals surface area (Å²) < 4.78 is 0. The average molecular weight is 267 g/mol. The molecule has 0 aliphatic heterocycles. The summed E-state index contributed by atoms with van der Waals surface area (Å²) in [6.07, 6.45) is 3.12. The molecule has 0 saturated carbocycles. The van der Waals surface area contributed by atoms with E-state index in [0.29, 0.717) is 6.54 Å². The Morgan fingerprint density at radius 3 is 2.33 bits per heavy atom. The van der Waals surface area contributed by atoms with Crippen LogP contribution in [0.4, 0.5) is 0 Å². The van der Waals surface area contributed by atoms with Gasteiger partial charge in [-0.2, -0.15) is 5.10 Å². The summed E-state index contributed by atoms with van der Waals surface area (Å²) in [5, 5.41) is 9.74. The van der Waals surface area contributed by atoms with E-state index in [2.05, 4.69) is 37.9 Å². The Morgan fingerprint density at radius 2 is 1.83 bits per heavy atom. The minimum atomic E-state index is 0.565. The molecule has 0 aliphatic rings. The third kappa shape index (κ3) is 3.95. The van der Waals surface area contributed by atoms with E-state index in [1.807, 2.05) is 0 Å². The van der Waals surface area contributed by atoms with Crippen LogP contribution in [0.25, 0.3) is 0 Å². The summed E-state index contributed by atoms with van der Waals surface area (Å²) in [4.78, 5) is 0. The Morgan fingerprint density at radius 1 is 1.11 bits per heavy atom. The fourth-order valence-corrected chi connectivity index (χ4v) is 3.21. The molecule has 0 aliphatic carbocycles. The highest BCUT2D eigenvalue weighted by Gasteiger charge is 2.13. The second kappa shape index (κ2) is 7.74. The molecule has 0 spiro atoms. The summed E-state index contributed by atoms with van der Waals surface area (Å²) in [5.74, 6) is 1.82. The predicted molar refractivity (Wildman–Crippen MR) is 78.9 cm³/mol. The van der Waals surface area contributed by atoms with Crippen molar-refractivity contribution < 1.29 is 0 Å². The van der Waals surface area contributed by atoms with Gasteiger partial charge in [-0.1, -0.05) is 27.7 Å². The monoisotopic (exact) mass is 267 g/mol. The number of thioether (sulfide) groups is 1. The maximum atomic E-state index is 5.90. The van der Waals surface area contributed by atoms with Gasteiger partial charge in [0, 0.05) is 12.1 Å². The Labute approximate surface area is 115 Å². The Bertz CT molecular complexity index is 378. The molecule has 0 fully saturated rings. The lowest BCUT2D eigenvalue weighted by Crippen LogP contribution is -2.10. The highest BCUT2D eigenvalue weighted by Crippen LogP contribution is 2.26. The topological polar surface area (TPSA) is 51.8 Å². The van der Waals surface area contributed by atoms with Crippen molar-refractivity contribution in [1.82, 2.24) is 10.2 Å². The lowest BCUT2D eigenvalue weighted by atomic mass is 10.0. The Kier molecular flexibility index (Phi) is 6.65. The number of nitrogens with two attached hydrogens (primary N) is 1. The zero-order valence-corrected chi connectivity index (χ0v) is 12.8. The number of hydrogen-bond donors (Lipinski definition) is 1. The molecular formula is C14H25N3S. The minimum absolute atomic E-state index is 0.565. The van der Waals surface area contributed by atoms with Crippen LogP contribution in [0.3, 0.4) is 0 Å². The molecule has 0 amide bonds. The highest BCUT2D eigenvalue weighted by atomic mass is 32.2. The van der Waals surface area contributed by atoms with Gasteiger partial charge in [-0.05, 0) is 36.5 Å². The third-order valence-electron chi connectivity index (χ3n) is 3.06. The van der Waals surface area contributed by atoms with Crippen LogP contribution in [0, 0.1) is 5.92 Å². The van der Waals surface area contributed by atoms with E-state index in [1.165, 1.54) is 17.5 Å². The highest BCUT2D eigenvalue weighted by molar-refractivity contribution is 7.99. The standard InChI is InChI=1S/C14H25N3S/c1-5-11-12(9-15)14(17-16-13(11)6-2)18-8-7-10(3)4/h10H,5-9,15H2,1-4H3. The molecule has 0 aromatic carbocycles. The van der Waals surface area contributed by atoms with Crippen LogP contribution in [0.15, 0.2) is 5.03 Å². The smallest absolute Gasteiger partial charge is 0.124 e. The first-order chi connectivity index (χ1) is 8.63. The van der Waals surface area contributed by atoms with Crippen molar-refractivity contribution >= 4 is 11.8 Å². The van der Waals surface area contributed by atoms with E-state index in [0.717, 1.165) is 35.2 Å². The fourth-order valence-electron chi connectivity index (χ4n) is 1.95. The number of nitrogens with zero attached hydrogens (tertiary/aromatic N) is 2. The van der Waals surface area contributed by atoms with Gasteiger partial charge in [-0.15, -0.1) is 16.9 Å². The first kappa shape index (κ1) is 15.4. The van der Waals surface area contributed by atoms with Crippen molar-refractivity contribution in [3.05, 3.63) is 16.8 Å². The Hall–Kier alpha value is -0.610. The summed E-state index contributed by atoms with van der Waals surface area (Å²) >= 11 is 1.80. The van der Waals surface area contributed by atoms with Crippen molar-refractivity contribution in [1.29, 1.82) is 0 Å². The van der Waals surface area contributed by atoms with Crippen LogP contribution in [-0.2, 0) is 19.4 Å². The minimum Gasteiger partial charge on any atom is -0.326 e. The van der Waals surface area contributed by atoms with Crippen LogP contribution < -0.4 is 5.73 Å². The molecule has 0 atom stereocenters. The van der Waals surface area contributed by atoms with Gasteiger partial charge in [0.05, 0.1) is 5.69 Å². The van der Waals surface area contributed by atoms with Gasteiger partial charge in [0.1, 0.15) is 5.03 Å². The number of aromatic nitrogens is 2. The van der Waals surface area contributed by atoms with Gasteiger partial charge in [-0.3, -0.25) is 0 Å². The second-order valence-corrected chi connectivity index (χ2v) is 5.93. The van der Waals surface area contributed by atoms with Gasteiger partial charge in [0.25, 0.3) is 0 Å². The molecule has 0 bridgehead atoms. The van der Waals surface area contributed by atoms with Gasteiger partial charge in [-0.25, -0.2) is 0 Å². The van der Waals surface area contributed by atoms with E-state index >= 15 is 0 Å². The summed E-state index contributed by atoms with van der Waals surface area (Å²) in [6, 6.07) is 0. The number of rotatable bonds is 7. The van der Waals surface area contributed by atoms with Crippen molar-refractivity contribution in [2.75, 3.05) is 5.75 Å². The number of hydrogen-bond acceptors (Lipinski definition) is 4. The molecule has 3 nitrogen and oxygen atoms in total. The summed E-state index contributed by atoms with van der Waals surface area (Å²) in [7, 11) is 0. The van der Waals surface area contributed by atoms with Crippen LogP contribution in [-0.4, -0.2) is 16.0 Å².